The summed E-state index contributed by atoms with van der Waals surface area (Å²) in [6.45, 7) is 0.459. The second-order valence-corrected chi connectivity index (χ2v) is 13.4. The molecular weight excluding hydrogens is 649 g/mol. The Labute approximate surface area is 307 Å². The van der Waals surface area contributed by atoms with Crippen molar-refractivity contribution < 1.29 is 4.79 Å². The summed E-state index contributed by atoms with van der Waals surface area (Å²) >= 11 is 0. The number of hydrogen-bond donors (Lipinski definition) is 0. The molecule has 0 saturated heterocycles. The number of fused-ring (bicyclic) bond motifs is 4. The Kier molecular flexibility index (Phi) is 7.29. The fourth-order valence-corrected chi connectivity index (χ4v) is 7.88. The summed E-state index contributed by atoms with van der Waals surface area (Å²) in [6, 6.07) is 54.9. The van der Waals surface area contributed by atoms with E-state index in [9.17, 15) is 4.79 Å². The molecular formula is C48H32N4O. The van der Waals surface area contributed by atoms with E-state index in [1.54, 1.807) is 0 Å². The second kappa shape index (κ2) is 12.6. The molecule has 6 aromatic carbocycles. The Balaban J connectivity index is 1.14. The Hall–Kier alpha value is -7.11. The summed E-state index contributed by atoms with van der Waals surface area (Å²) in [4.78, 5) is 24.9. The fourth-order valence-electron chi connectivity index (χ4n) is 7.88. The van der Waals surface area contributed by atoms with Crippen molar-refractivity contribution in [3.63, 3.8) is 0 Å². The van der Waals surface area contributed by atoms with Gasteiger partial charge >= 0.3 is 0 Å². The molecule has 10 rings (SSSR count). The van der Waals surface area contributed by atoms with Crippen LogP contribution >= 0.6 is 0 Å². The van der Waals surface area contributed by atoms with Crippen molar-refractivity contribution >= 4 is 33.4 Å². The van der Waals surface area contributed by atoms with Crippen LogP contribution in [-0.4, -0.2) is 20.4 Å². The van der Waals surface area contributed by atoms with Crippen LogP contribution in [-0.2, 0) is 6.54 Å². The number of pyridine rings is 2. The molecule has 9 aromatic rings. The monoisotopic (exact) mass is 680 g/mol. The largest absolute Gasteiger partial charge is 0.309 e. The van der Waals surface area contributed by atoms with Crippen LogP contribution in [0, 0.1) is 0 Å². The molecule has 3 aromatic heterocycles. The number of amides is 1. The Morgan fingerprint density at radius 3 is 1.55 bits per heavy atom. The molecule has 0 saturated carbocycles. The lowest BCUT2D eigenvalue weighted by Crippen LogP contribution is -2.23. The zero-order valence-electron chi connectivity index (χ0n) is 28.7. The van der Waals surface area contributed by atoms with Crippen LogP contribution in [0.1, 0.15) is 15.9 Å². The first-order valence-electron chi connectivity index (χ1n) is 17.8. The first-order chi connectivity index (χ1) is 26.2. The van der Waals surface area contributed by atoms with Crippen LogP contribution in [0.5, 0.6) is 0 Å². The molecule has 0 atom stereocenters. The van der Waals surface area contributed by atoms with Crippen molar-refractivity contribution in [2.75, 3.05) is 4.90 Å². The lowest BCUT2D eigenvalue weighted by molar-refractivity contribution is 0.0996. The minimum absolute atomic E-state index is 0.00667. The molecule has 1 aliphatic rings. The standard InChI is InChI=1S/C48H32N4O/c53-48-39-12-7-13-45(43(39)31-51(48)44-17-14-36(32-8-3-1-4-9-32)28-40(44)35-10-5-2-6-11-35)52-46-18-15-37(33-20-24-49-25-21-33)29-41(46)42-30-38(16-19-47(42)52)34-22-26-50-27-23-34/h1-30H,31H2. The third-order valence-corrected chi connectivity index (χ3v) is 10.5. The molecule has 0 N–H and O–H groups in total. The van der Waals surface area contributed by atoms with Gasteiger partial charge in [-0.25, -0.2) is 0 Å². The van der Waals surface area contributed by atoms with E-state index in [0.29, 0.717) is 6.54 Å². The van der Waals surface area contributed by atoms with E-state index < -0.39 is 0 Å². The molecule has 0 spiro atoms. The molecule has 0 fully saturated rings. The first-order valence-corrected chi connectivity index (χ1v) is 17.8. The van der Waals surface area contributed by atoms with E-state index in [1.165, 1.54) is 0 Å². The van der Waals surface area contributed by atoms with Gasteiger partial charge < -0.3 is 9.47 Å². The van der Waals surface area contributed by atoms with Gasteiger partial charge in [-0.05, 0) is 112 Å². The predicted octanol–water partition coefficient (Wildman–Crippen LogP) is 11.4. The van der Waals surface area contributed by atoms with Gasteiger partial charge in [-0.2, -0.15) is 0 Å². The number of anilines is 1. The summed E-state index contributed by atoms with van der Waals surface area (Å²) in [6.07, 6.45) is 7.33. The number of hydrogen-bond acceptors (Lipinski definition) is 3. The smallest absolute Gasteiger partial charge is 0.259 e. The molecule has 0 bridgehead atoms. The minimum atomic E-state index is 0.00667. The van der Waals surface area contributed by atoms with E-state index in [1.807, 2.05) is 78.2 Å². The molecule has 5 nitrogen and oxygen atoms in total. The van der Waals surface area contributed by atoms with E-state index in [4.69, 9.17) is 0 Å². The Morgan fingerprint density at radius 2 is 0.943 bits per heavy atom. The maximum atomic E-state index is 14.5. The summed E-state index contributed by atoms with van der Waals surface area (Å²) in [5.41, 5.74) is 14.6. The number of carbonyl (C=O) groups is 1. The Morgan fingerprint density at radius 1 is 0.415 bits per heavy atom. The molecule has 53 heavy (non-hydrogen) atoms. The minimum Gasteiger partial charge on any atom is -0.309 e. The van der Waals surface area contributed by atoms with Crippen molar-refractivity contribution in [1.82, 2.24) is 14.5 Å². The van der Waals surface area contributed by atoms with Crippen LogP contribution in [0.4, 0.5) is 5.69 Å². The highest BCUT2D eigenvalue weighted by atomic mass is 16.2. The van der Waals surface area contributed by atoms with E-state index >= 15 is 0 Å². The van der Waals surface area contributed by atoms with Crippen molar-refractivity contribution in [3.8, 4) is 50.2 Å². The lowest BCUT2D eigenvalue weighted by atomic mass is 9.97. The van der Waals surface area contributed by atoms with Crippen molar-refractivity contribution in [2.24, 2.45) is 0 Å². The highest BCUT2D eigenvalue weighted by Gasteiger charge is 2.33. The zero-order chi connectivity index (χ0) is 35.3. The molecule has 1 aliphatic heterocycles. The van der Waals surface area contributed by atoms with E-state index in [0.717, 1.165) is 88.8 Å². The molecule has 0 aliphatic carbocycles. The van der Waals surface area contributed by atoms with E-state index in [-0.39, 0.29) is 5.91 Å². The lowest BCUT2D eigenvalue weighted by Gasteiger charge is -2.21. The number of benzene rings is 6. The summed E-state index contributed by atoms with van der Waals surface area (Å²) < 4.78 is 2.34. The maximum absolute atomic E-state index is 14.5. The number of carbonyl (C=O) groups excluding carboxylic acids is 1. The van der Waals surface area contributed by atoms with Gasteiger partial charge in [0.25, 0.3) is 5.91 Å². The average Bonchev–Trinajstić information content (AvgIpc) is 3.75. The van der Waals surface area contributed by atoms with Gasteiger partial charge in [-0.15, -0.1) is 0 Å². The quantitative estimate of drug-likeness (QED) is 0.176. The summed E-state index contributed by atoms with van der Waals surface area (Å²) in [5, 5.41) is 2.29. The van der Waals surface area contributed by atoms with E-state index in [2.05, 4.69) is 124 Å². The van der Waals surface area contributed by atoms with Crippen molar-refractivity contribution in [2.45, 2.75) is 6.54 Å². The highest BCUT2D eigenvalue weighted by Crippen LogP contribution is 2.43. The zero-order valence-corrected chi connectivity index (χ0v) is 28.7. The normalized spacial score (nSPS) is 12.5. The van der Waals surface area contributed by atoms with Gasteiger partial charge in [0.1, 0.15) is 0 Å². The van der Waals surface area contributed by atoms with Crippen LogP contribution in [0.25, 0.3) is 72.0 Å². The van der Waals surface area contributed by atoms with Crippen LogP contribution in [0.3, 0.4) is 0 Å². The second-order valence-electron chi connectivity index (χ2n) is 13.4. The van der Waals surface area contributed by atoms with Gasteiger partial charge in [-0.1, -0.05) is 84.9 Å². The number of aromatic nitrogens is 3. The molecule has 1 amide bonds. The number of rotatable bonds is 6. The molecule has 5 heteroatoms. The van der Waals surface area contributed by atoms with Crippen molar-refractivity contribution in [3.05, 3.63) is 194 Å². The maximum Gasteiger partial charge on any atom is 0.259 e. The van der Waals surface area contributed by atoms with Crippen LogP contribution < -0.4 is 4.90 Å². The molecule has 0 unspecified atom stereocenters. The van der Waals surface area contributed by atoms with Gasteiger partial charge in [0.05, 0.1) is 29.0 Å². The van der Waals surface area contributed by atoms with Gasteiger partial charge in [0, 0.05) is 52.3 Å². The SMILES string of the molecule is O=C1c2cccc(-n3c4ccc(-c5ccncc5)cc4c4cc(-c5ccncc5)ccc43)c2CN1c1ccc(-c2ccccc2)cc1-c1ccccc1. The summed E-state index contributed by atoms with van der Waals surface area (Å²) in [5.74, 6) is 0.00667. The third-order valence-electron chi connectivity index (χ3n) is 10.5. The average molecular weight is 681 g/mol. The highest BCUT2D eigenvalue weighted by molar-refractivity contribution is 6.14. The third kappa shape index (κ3) is 5.21. The predicted molar refractivity (Wildman–Crippen MR) is 215 cm³/mol. The van der Waals surface area contributed by atoms with Crippen LogP contribution in [0.15, 0.2) is 183 Å². The molecule has 4 heterocycles. The van der Waals surface area contributed by atoms with Crippen LogP contribution in [0.2, 0.25) is 0 Å². The fraction of sp³-hybridized carbons (Fsp3) is 0.0208. The Bertz CT molecular complexity index is 2720. The summed E-state index contributed by atoms with van der Waals surface area (Å²) in [7, 11) is 0. The van der Waals surface area contributed by atoms with Gasteiger partial charge in [-0.3, -0.25) is 14.8 Å². The van der Waals surface area contributed by atoms with Gasteiger partial charge in [0.15, 0.2) is 0 Å². The number of nitrogens with zero attached hydrogens (tertiary/aromatic N) is 4. The molecule has 0 radical (unpaired) electrons. The topological polar surface area (TPSA) is 51.0 Å². The first kappa shape index (κ1) is 30.7. The molecule has 250 valence electrons. The van der Waals surface area contributed by atoms with Gasteiger partial charge in [0.2, 0.25) is 0 Å². The van der Waals surface area contributed by atoms with Crippen molar-refractivity contribution in [1.29, 1.82) is 0 Å².